The molecule has 3 rings (SSSR count). The molecule has 1 aliphatic rings. The van der Waals surface area contributed by atoms with Gasteiger partial charge in [0.1, 0.15) is 17.3 Å². The largest absolute Gasteiger partial charge is 0.494 e. The van der Waals surface area contributed by atoms with Gasteiger partial charge in [0.2, 0.25) is 0 Å². The molecule has 2 aromatic rings. The first kappa shape index (κ1) is 13.2. The van der Waals surface area contributed by atoms with Crippen LogP contribution in [0.3, 0.4) is 0 Å². The molecule has 1 aromatic heterocycles. The van der Waals surface area contributed by atoms with Crippen molar-refractivity contribution in [3.8, 4) is 5.75 Å². The molecule has 1 aliphatic heterocycles. The molecule has 1 unspecified atom stereocenters. The van der Waals surface area contributed by atoms with Gasteiger partial charge in [0.05, 0.1) is 13.0 Å². The Morgan fingerprint density at radius 2 is 2.29 bits per heavy atom. The summed E-state index contributed by atoms with van der Waals surface area (Å²) in [5.41, 5.74) is 1.56. The number of pyridine rings is 1. The molecule has 0 saturated heterocycles. The summed E-state index contributed by atoms with van der Waals surface area (Å²) in [4.78, 5) is 27.5. The van der Waals surface area contributed by atoms with Crippen molar-refractivity contribution in [1.29, 1.82) is 0 Å². The highest BCUT2D eigenvalue weighted by atomic mass is 16.5. The number of fused-ring (bicyclic) bond motifs is 1. The third kappa shape index (κ3) is 2.24. The number of ether oxygens (including phenoxy) is 1. The van der Waals surface area contributed by atoms with E-state index < -0.39 is 0 Å². The molecule has 0 amide bonds. The van der Waals surface area contributed by atoms with Gasteiger partial charge in [-0.25, -0.2) is 4.98 Å². The number of anilines is 1. The van der Waals surface area contributed by atoms with Gasteiger partial charge in [-0.05, 0) is 29.4 Å². The molecule has 0 aliphatic carbocycles. The van der Waals surface area contributed by atoms with Gasteiger partial charge >= 0.3 is 0 Å². The highest BCUT2D eigenvalue weighted by Gasteiger charge is 2.30. The fourth-order valence-corrected chi connectivity index (χ4v) is 2.50. The smallest absolute Gasteiger partial charge is 0.172 e. The van der Waals surface area contributed by atoms with Crippen LogP contribution in [0, 0.1) is 4.91 Å². The van der Waals surface area contributed by atoms with Crippen LogP contribution in [-0.4, -0.2) is 24.4 Å². The van der Waals surface area contributed by atoms with E-state index in [1.807, 2.05) is 12.1 Å². The fraction of sp³-hybridized carbons (Fsp3) is 0.200. The van der Waals surface area contributed by atoms with Gasteiger partial charge in [-0.15, -0.1) is 4.91 Å². The molecular formula is C15H13N3O3. The van der Waals surface area contributed by atoms with Crippen LogP contribution >= 0.6 is 0 Å². The van der Waals surface area contributed by atoms with Gasteiger partial charge in [0.15, 0.2) is 5.78 Å². The Labute approximate surface area is 121 Å². The maximum atomic E-state index is 12.6. The molecule has 0 bridgehead atoms. The Balaban J connectivity index is 1.95. The topological polar surface area (TPSA) is 80.7 Å². The van der Waals surface area contributed by atoms with E-state index in [-0.39, 0.29) is 17.4 Å². The molecule has 0 fully saturated rings. The molecule has 2 heterocycles. The van der Waals surface area contributed by atoms with Crippen molar-refractivity contribution in [2.45, 2.75) is 5.92 Å². The van der Waals surface area contributed by atoms with E-state index in [1.54, 1.807) is 18.3 Å². The summed E-state index contributed by atoms with van der Waals surface area (Å²) in [5, 5.41) is 5.99. The van der Waals surface area contributed by atoms with E-state index in [9.17, 15) is 9.70 Å². The zero-order valence-corrected chi connectivity index (χ0v) is 11.4. The molecule has 106 valence electrons. The first-order chi connectivity index (χ1) is 10.2. The molecule has 1 aromatic carbocycles. The number of rotatable bonds is 4. The average molecular weight is 283 g/mol. The van der Waals surface area contributed by atoms with Gasteiger partial charge in [0.25, 0.3) is 0 Å². The monoisotopic (exact) mass is 283 g/mol. The zero-order chi connectivity index (χ0) is 14.8. The Kier molecular flexibility index (Phi) is 3.35. The van der Waals surface area contributed by atoms with E-state index in [4.69, 9.17) is 4.74 Å². The lowest BCUT2D eigenvalue weighted by atomic mass is 9.93. The SMILES string of the molecule is COc1cc(C(=O)C2CNc3ncccc32)ccc1N=O. The number of nitrogens with one attached hydrogen (secondary N) is 1. The lowest BCUT2D eigenvalue weighted by molar-refractivity contribution is 0.0966. The van der Waals surface area contributed by atoms with Gasteiger partial charge in [-0.3, -0.25) is 4.79 Å². The van der Waals surface area contributed by atoms with Crippen LogP contribution in [0.15, 0.2) is 41.7 Å². The quantitative estimate of drug-likeness (QED) is 0.689. The minimum Gasteiger partial charge on any atom is -0.494 e. The number of Topliss-reactive ketones (excluding diaryl/α,β-unsaturated/α-hetero) is 1. The maximum Gasteiger partial charge on any atom is 0.172 e. The van der Waals surface area contributed by atoms with E-state index in [0.29, 0.717) is 17.9 Å². The Bertz CT molecular complexity index is 715. The van der Waals surface area contributed by atoms with Crippen molar-refractivity contribution in [3.63, 3.8) is 0 Å². The molecule has 6 heteroatoms. The van der Waals surface area contributed by atoms with E-state index in [1.165, 1.54) is 13.2 Å². The van der Waals surface area contributed by atoms with Crippen LogP contribution < -0.4 is 10.1 Å². The van der Waals surface area contributed by atoms with Crippen molar-refractivity contribution < 1.29 is 9.53 Å². The number of nitroso groups, excluding NO2 is 1. The number of hydrogen-bond donors (Lipinski definition) is 1. The third-order valence-corrected chi connectivity index (χ3v) is 3.57. The number of ketones is 1. The lowest BCUT2D eigenvalue weighted by Gasteiger charge is -2.10. The van der Waals surface area contributed by atoms with Gasteiger partial charge in [0, 0.05) is 23.9 Å². The van der Waals surface area contributed by atoms with Gasteiger partial charge in [-0.1, -0.05) is 6.07 Å². The fourth-order valence-electron chi connectivity index (χ4n) is 2.50. The van der Waals surface area contributed by atoms with Crippen LogP contribution in [-0.2, 0) is 0 Å². The van der Waals surface area contributed by atoms with Crippen LogP contribution in [0.5, 0.6) is 5.75 Å². The van der Waals surface area contributed by atoms with Crippen molar-refractivity contribution in [1.82, 2.24) is 4.98 Å². The van der Waals surface area contributed by atoms with Crippen molar-refractivity contribution >= 4 is 17.3 Å². The first-order valence-electron chi connectivity index (χ1n) is 6.49. The molecule has 1 atom stereocenters. The summed E-state index contributed by atoms with van der Waals surface area (Å²) in [6.45, 7) is 0.515. The van der Waals surface area contributed by atoms with Gasteiger partial charge in [-0.2, -0.15) is 0 Å². The molecule has 0 radical (unpaired) electrons. The lowest BCUT2D eigenvalue weighted by Crippen LogP contribution is -2.14. The van der Waals surface area contributed by atoms with Crippen LogP contribution in [0.2, 0.25) is 0 Å². The van der Waals surface area contributed by atoms with Crippen molar-refractivity contribution in [2.75, 3.05) is 19.0 Å². The number of methoxy groups -OCH3 is 1. The molecule has 6 nitrogen and oxygen atoms in total. The van der Waals surface area contributed by atoms with E-state index >= 15 is 0 Å². The van der Waals surface area contributed by atoms with Gasteiger partial charge < -0.3 is 10.1 Å². The Morgan fingerprint density at radius 1 is 1.43 bits per heavy atom. The normalized spacial score (nSPS) is 16.0. The van der Waals surface area contributed by atoms with E-state index in [2.05, 4.69) is 15.5 Å². The number of benzene rings is 1. The average Bonchev–Trinajstić information content (AvgIpc) is 2.97. The molecule has 21 heavy (non-hydrogen) atoms. The number of carbonyl (C=O) groups excluding carboxylic acids is 1. The number of nitrogens with zero attached hydrogens (tertiary/aromatic N) is 2. The summed E-state index contributed by atoms with van der Waals surface area (Å²) in [6.07, 6.45) is 1.69. The minimum atomic E-state index is -0.284. The summed E-state index contributed by atoms with van der Waals surface area (Å²) >= 11 is 0. The minimum absolute atomic E-state index is 0.0370. The molecule has 0 saturated carbocycles. The standard InChI is InChI=1S/C15H13N3O3/c1-21-13-7-9(4-5-12(13)18-20)14(19)11-8-17-15-10(11)3-2-6-16-15/h2-7,11H,8H2,1H3,(H,16,17). The maximum absolute atomic E-state index is 12.6. The van der Waals surface area contributed by atoms with Crippen molar-refractivity contribution in [2.24, 2.45) is 5.18 Å². The molecular weight excluding hydrogens is 270 g/mol. The second-order valence-electron chi connectivity index (χ2n) is 4.72. The highest BCUT2D eigenvalue weighted by Crippen LogP contribution is 2.34. The Hall–Kier alpha value is -2.76. The zero-order valence-electron chi connectivity index (χ0n) is 11.4. The predicted molar refractivity (Wildman–Crippen MR) is 78.2 cm³/mol. The Morgan fingerprint density at radius 3 is 3.05 bits per heavy atom. The first-order valence-corrected chi connectivity index (χ1v) is 6.49. The second-order valence-corrected chi connectivity index (χ2v) is 4.72. The number of hydrogen-bond acceptors (Lipinski definition) is 6. The highest BCUT2D eigenvalue weighted by molar-refractivity contribution is 6.03. The number of aromatic nitrogens is 1. The second kappa shape index (κ2) is 5.32. The third-order valence-electron chi connectivity index (χ3n) is 3.57. The number of carbonyl (C=O) groups is 1. The van der Waals surface area contributed by atoms with Crippen LogP contribution in [0.25, 0.3) is 0 Å². The van der Waals surface area contributed by atoms with Crippen molar-refractivity contribution in [3.05, 3.63) is 52.6 Å². The summed E-state index contributed by atoms with van der Waals surface area (Å²) in [5.74, 6) is 0.723. The summed E-state index contributed by atoms with van der Waals surface area (Å²) in [6, 6.07) is 8.34. The summed E-state index contributed by atoms with van der Waals surface area (Å²) in [7, 11) is 1.44. The van der Waals surface area contributed by atoms with E-state index in [0.717, 1.165) is 11.4 Å². The predicted octanol–water partition coefficient (Wildman–Crippen LogP) is 2.88. The van der Waals surface area contributed by atoms with Crippen LogP contribution in [0.4, 0.5) is 11.5 Å². The van der Waals surface area contributed by atoms with Crippen LogP contribution in [0.1, 0.15) is 21.8 Å². The summed E-state index contributed by atoms with van der Waals surface area (Å²) < 4.78 is 5.09. The molecule has 1 N–H and O–H groups in total. The molecule has 0 spiro atoms.